The van der Waals surface area contributed by atoms with Crippen molar-refractivity contribution in [3.63, 3.8) is 0 Å². The largest absolute Gasteiger partial charge is 0.494 e. The topological polar surface area (TPSA) is 58.6 Å². The first-order chi connectivity index (χ1) is 13.5. The number of nitrogens with one attached hydrogen (secondary N) is 1. The van der Waals surface area contributed by atoms with Crippen LogP contribution in [0.2, 0.25) is 0 Å². The summed E-state index contributed by atoms with van der Waals surface area (Å²) in [5.74, 6) is 0.311. The second-order valence-corrected chi connectivity index (χ2v) is 7.34. The van der Waals surface area contributed by atoms with E-state index in [1.807, 2.05) is 56.3 Å². The Labute approximate surface area is 166 Å². The lowest BCUT2D eigenvalue weighted by Crippen LogP contribution is -2.28. The average Bonchev–Trinajstić information content (AvgIpc) is 3.07. The molecule has 0 radical (unpaired) electrons. The average molecular weight is 380 g/mol. The Balaban J connectivity index is 1.61. The Kier molecular flexibility index (Phi) is 6.34. The van der Waals surface area contributed by atoms with E-state index in [9.17, 15) is 9.59 Å². The number of unbranched alkanes of at least 4 members (excludes halogenated alkanes) is 1. The van der Waals surface area contributed by atoms with Crippen LogP contribution >= 0.6 is 0 Å². The van der Waals surface area contributed by atoms with E-state index in [2.05, 4.69) is 12.2 Å². The molecular formula is C23H28N2O3. The SMILES string of the molecule is CCCCOc1ccc(NC(=O)[C@H]2CC(=O)N(c3cccc(C)c3C)C2)cc1. The summed E-state index contributed by atoms with van der Waals surface area (Å²) in [6.07, 6.45) is 2.34. The Bertz CT molecular complexity index is 845. The van der Waals surface area contributed by atoms with Crippen LogP contribution in [0.5, 0.6) is 5.75 Å². The van der Waals surface area contributed by atoms with Crippen molar-refractivity contribution in [2.24, 2.45) is 5.92 Å². The second kappa shape index (κ2) is 8.91. The molecule has 1 N–H and O–H groups in total. The van der Waals surface area contributed by atoms with E-state index in [0.29, 0.717) is 18.8 Å². The molecule has 0 aromatic heterocycles. The molecule has 1 saturated heterocycles. The van der Waals surface area contributed by atoms with Gasteiger partial charge in [-0.25, -0.2) is 0 Å². The number of benzene rings is 2. The number of rotatable bonds is 7. The molecule has 2 aromatic rings. The van der Waals surface area contributed by atoms with Gasteiger partial charge in [-0.15, -0.1) is 0 Å². The summed E-state index contributed by atoms with van der Waals surface area (Å²) in [6.45, 7) is 7.26. The van der Waals surface area contributed by atoms with E-state index in [-0.39, 0.29) is 24.2 Å². The van der Waals surface area contributed by atoms with Gasteiger partial charge in [0.05, 0.1) is 12.5 Å². The van der Waals surface area contributed by atoms with Crippen LogP contribution in [0.3, 0.4) is 0 Å². The van der Waals surface area contributed by atoms with Crippen LogP contribution < -0.4 is 15.0 Å². The van der Waals surface area contributed by atoms with Crippen LogP contribution in [-0.2, 0) is 9.59 Å². The van der Waals surface area contributed by atoms with Gasteiger partial charge in [-0.2, -0.15) is 0 Å². The number of carbonyl (C=O) groups excluding carboxylic acids is 2. The number of hydrogen-bond acceptors (Lipinski definition) is 3. The number of carbonyl (C=O) groups is 2. The number of aryl methyl sites for hydroxylation is 1. The first-order valence-electron chi connectivity index (χ1n) is 9.90. The molecule has 2 aromatic carbocycles. The van der Waals surface area contributed by atoms with Crippen molar-refractivity contribution in [2.75, 3.05) is 23.4 Å². The van der Waals surface area contributed by atoms with Gasteiger partial charge in [0, 0.05) is 24.3 Å². The minimum atomic E-state index is -0.354. The molecule has 1 aliphatic rings. The molecule has 5 heteroatoms. The van der Waals surface area contributed by atoms with Crippen LogP contribution in [-0.4, -0.2) is 25.0 Å². The molecule has 0 unspecified atom stereocenters. The van der Waals surface area contributed by atoms with Crippen LogP contribution in [0.25, 0.3) is 0 Å². The van der Waals surface area contributed by atoms with Crippen molar-refractivity contribution in [2.45, 2.75) is 40.0 Å². The van der Waals surface area contributed by atoms with Gasteiger partial charge in [0.25, 0.3) is 0 Å². The lowest BCUT2D eigenvalue weighted by atomic mass is 10.1. The maximum atomic E-state index is 12.7. The summed E-state index contributed by atoms with van der Waals surface area (Å²) in [6, 6.07) is 13.3. The van der Waals surface area contributed by atoms with Gasteiger partial charge in [0.2, 0.25) is 11.8 Å². The molecule has 148 valence electrons. The van der Waals surface area contributed by atoms with Crippen molar-refractivity contribution in [3.8, 4) is 5.75 Å². The third-order valence-corrected chi connectivity index (χ3v) is 5.25. The minimum Gasteiger partial charge on any atom is -0.494 e. The molecule has 0 aliphatic carbocycles. The number of amides is 2. The predicted octanol–water partition coefficient (Wildman–Crippen LogP) is 4.47. The highest BCUT2D eigenvalue weighted by molar-refractivity contribution is 6.03. The first-order valence-corrected chi connectivity index (χ1v) is 9.90. The monoisotopic (exact) mass is 380 g/mol. The lowest BCUT2D eigenvalue weighted by Gasteiger charge is -2.20. The maximum absolute atomic E-state index is 12.7. The van der Waals surface area contributed by atoms with Gasteiger partial charge < -0.3 is 15.0 Å². The zero-order chi connectivity index (χ0) is 20.1. The second-order valence-electron chi connectivity index (χ2n) is 7.34. The highest BCUT2D eigenvalue weighted by Gasteiger charge is 2.35. The van der Waals surface area contributed by atoms with Crippen LogP contribution in [0.1, 0.15) is 37.3 Å². The van der Waals surface area contributed by atoms with E-state index in [1.54, 1.807) is 4.90 Å². The highest BCUT2D eigenvalue weighted by Crippen LogP contribution is 2.30. The van der Waals surface area contributed by atoms with Crippen molar-refractivity contribution in [1.82, 2.24) is 0 Å². The summed E-state index contributed by atoms with van der Waals surface area (Å²) in [5.41, 5.74) is 3.83. The fourth-order valence-corrected chi connectivity index (χ4v) is 3.36. The zero-order valence-electron chi connectivity index (χ0n) is 16.8. The molecular weight excluding hydrogens is 352 g/mol. The third kappa shape index (κ3) is 4.53. The van der Waals surface area contributed by atoms with Crippen LogP contribution in [0.15, 0.2) is 42.5 Å². The van der Waals surface area contributed by atoms with Crippen molar-refractivity contribution in [3.05, 3.63) is 53.6 Å². The standard InChI is InChI=1S/C23H28N2O3/c1-4-5-13-28-20-11-9-19(10-12-20)24-23(27)18-14-22(26)25(15-18)21-8-6-7-16(2)17(21)3/h6-12,18H,4-5,13-15H2,1-3H3,(H,24,27)/t18-/m0/s1. The number of nitrogens with zero attached hydrogens (tertiary/aromatic N) is 1. The Hall–Kier alpha value is -2.82. The summed E-state index contributed by atoms with van der Waals surface area (Å²) in [4.78, 5) is 26.9. The zero-order valence-corrected chi connectivity index (χ0v) is 16.8. The molecule has 0 bridgehead atoms. The summed E-state index contributed by atoms with van der Waals surface area (Å²) >= 11 is 0. The van der Waals surface area contributed by atoms with Crippen molar-refractivity contribution < 1.29 is 14.3 Å². The molecule has 0 saturated carbocycles. The number of ether oxygens (including phenoxy) is 1. The van der Waals surface area contributed by atoms with E-state index in [1.165, 1.54) is 0 Å². The molecule has 1 aliphatic heterocycles. The fourth-order valence-electron chi connectivity index (χ4n) is 3.36. The summed E-state index contributed by atoms with van der Waals surface area (Å²) in [7, 11) is 0. The molecule has 5 nitrogen and oxygen atoms in total. The molecule has 1 heterocycles. The third-order valence-electron chi connectivity index (χ3n) is 5.25. The maximum Gasteiger partial charge on any atom is 0.229 e. The van der Waals surface area contributed by atoms with Crippen LogP contribution in [0, 0.1) is 19.8 Å². The van der Waals surface area contributed by atoms with E-state index >= 15 is 0 Å². The first kappa shape index (κ1) is 19.9. The predicted molar refractivity (Wildman–Crippen MR) is 112 cm³/mol. The molecule has 0 spiro atoms. The van der Waals surface area contributed by atoms with Crippen molar-refractivity contribution >= 4 is 23.2 Å². The molecule has 1 atom stereocenters. The highest BCUT2D eigenvalue weighted by atomic mass is 16.5. The lowest BCUT2D eigenvalue weighted by molar-refractivity contribution is -0.122. The smallest absolute Gasteiger partial charge is 0.229 e. The Morgan fingerprint density at radius 1 is 1.18 bits per heavy atom. The Morgan fingerprint density at radius 3 is 2.64 bits per heavy atom. The van der Waals surface area contributed by atoms with Gasteiger partial charge in [-0.3, -0.25) is 9.59 Å². The van der Waals surface area contributed by atoms with Gasteiger partial charge >= 0.3 is 0 Å². The summed E-state index contributed by atoms with van der Waals surface area (Å²) in [5, 5.41) is 2.92. The van der Waals surface area contributed by atoms with Gasteiger partial charge in [0.1, 0.15) is 5.75 Å². The number of hydrogen-bond donors (Lipinski definition) is 1. The van der Waals surface area contributed by atoms with E-state index in [4.69, 9.17) is 4.74 Å². The van der Waals surface area contributed by atoms with E-state index in [0.717, 1.165) is 35.4 Å². The quantitative estimate of drug-likeness (QED) is 0.721. The van der Waals surface area contributed by atoms with Gasteiger partial charge in [-0.1, -0.05) is 25.5 Å². The number of anilines is 2. The van der Waals surface area contributed by atoms with E-state index < -0.39 is 0 Å². The minimum absolute atomic E-state index is 0.00600. The van der Waals surface area contributed by atoms with Gasteiger partial charge in [-0.05, 0) is 61.7 Å². The summed E-state index contributed by atoms with van der Waals surface area (Å²) < 4.78 is 5.64. The molecule has 2 amide bonds. The Morgan fingerprint density at radius 2 is 1.93 bits per heavy atom. The normalized spacial score (nSPS) is 16.3. The molecule has 28 heavy (non-hydrogen) atoms. The van der Waals surface area contributed by atoms with Crippen molar-refractivity contribution in [1.29, 1.82) is 0 Å². The van der Waals surface area contributed by atoms with Gasteiger partial charge in [0.15, 0.2) is 0 Å². The van der Waals surface area contributed by atoms with Crippen LogP contribution in [0.4, 0.5) is 11.4 Å². The molecule has 1 fully saturated rings. The molecule has 3 rings (SSSR count). The fraction of sp³-hybridized carbons (Fsp3) is 0.391.